The summed E-state index contributed by atoms with van der Waals surface area (Å²) in [4.78, 5) is 25.3. The van der Waals surface area contributed by atoms with Crippen LogP contribution in [0.5, 0.6) is 0 Å². The highest BCUT2D eigenvalue weighted by Crippen LogP contribution is 2.35. The van der Waals surface area contributed by atoms with Crippen LogP contribution in [0.2, 0.25) is 0 Å². The number of aromatic nitrogens is 1. The van der Waals surface area contributed by atoms with Crippen molar-refractivity contribution in [3.63, 3.8) is 0 Å². The van der Waals surface area contributed by atoms with Gasteiger partial charge in [0.05, 0.1) is 20.8 Å². The van der Waals surface area contributed by atoms with Gasteiger partial charge in [-0.15, -0.1) is 0 Å². The van der Waals surface area contributed by atoms with E-state index >= 15 is 0 Å². The molecule has 0 amide bonds. The van der Waals surface area contributed by atoms with E-state index in [4.69, 9.17) is 0 Å². The number of pyridine rings is 1. The average molecular weight is 306 g/mol. The fraction of sp³-hybridized carbons (Fsp3) is 0.0833. The molecule has 8 nitrogen and oxygen atoms in total. The van der Waals surface area contributed by atoms with Gasteiger partial charge >= 0.3 is 0 Å². The second kappa shape index (κ2) is 6.18. The largest absolute Gasteiger partial charge is 0.373 e. The van der Waals surface area contributed by atoms with Gasteiger partial charge in [0.15, 0.2) is 0 Å². The molecule has 1 N–H and O–H groups in total. The zero-order valence-corrected chi connectivity index (χ0v) is 11.7. The number of nitrogens with one attached hydrogen (secondary N) is 1. The molecule has 0 atom stereocenters. The molecule has 0 aliphatic heterocycles. The monoisotopic (exact) mass is 306 g/mol. The van der Waals surface area contributed by atoms with Crippen molar-refractivity contribution in [2.45, 2.75) is 9.92 Å². The third-order valence-corrected chi connectivity index (χ3v) is 3.51. The molecule has 0 aliphatic carbocycles. The van der Waals surface area contributed by atoms with Crippen LogP contribution in [-0.2, 0) is 0 Å². The number of hydrogen-bond acceptors (Lipinski definition) is 7. The van der Waals surface area contributed by atoms with Crippen molar-refractivity contribution in [2.24, 2.45) is 0 Å². The smallest absolute Gasteiger partial charge is 0.283 e. The van der Waals surface area contributed by atoms with E-state index in [2.05, 4.69) is 10.3 Å². The summed E-state index contributed by atoms with van der Waals surface area (Å²) < 4.78 is 0. The minimum atomic E-state index is -0.536. The molecular weight excluding hydrogens is 296 g/mol. The fourth-order valence-electron chi connectivity index (χ4n) is 1.58. The molecular formula is C12H10N4O4S. The van der Waals surface area contributed by atoms with Gasteiger partial charge in [-0.2, -0.15) is 0 Å². The molecule has 108 valence electrons. The van der Waals surface area contributed by atoms with Crippen LogP contribution in [0, 0.1) is 20.2 Å². The van der Waals surface area contributed by atoms with Crippen LogP contribution in [0.1, 0.15) is 0 Å². The van der Waals surface area contributed by atoms with E-state index < -0.39 is 9.85 Å². The summed E-state index contributed by atoms with van der Waals surface area (Å²) in [5.41, 5.74) is -0.197. The molecule has 0 bridgehead atoms. The van der Waals surface area contributed by atoms with Crippen molar-refractivity contribution >= 4 is 29.0 Å². The minimum Gasteiger partial charge on any atom is -0.373 e. The molecule has 0 saturated carbocycles. The molecule has 2 aromatic rings. The van der Waals surface area contributed by atoms with Crippen LogP contribution in [0.3, 0.4) is 0 Å². The average Bonchev–Trinajstić information content (AvgIpc) is 2.47. The predicted molar refractivity (Wildman–Crippen MR) is 77.7 cm³/mol. The Morgan fingerprint density at radius 3 is 2.48 bits per heavy atom. The molecule has 9 heteroatoms. The van der Waals surface area contributed by atoms with Crippen LogP contribution in [0.15, 0.2) is 46.3 Å². The Morgan fingerprint density at radius 2 is 1.86 bits per heavy atom. The van der Waals surface area contributed by atoms with E-state index in [1.54, 1.807) is 25.2 Å². The summed E-state index contributed by atoms with van der Waals surface area (Å²) in [6.45, 7) is 0. The van der Waals surface area contributed by atoms with Crippen molar-refractivity contribution in [3.05, 3.63) is 56.6 Å². The van der Waals surface area contributed by atoms with Crippen molar-refractivity contribution < 1.29 is 9.85 Å². The number of rotatable bonds is 5. The highest BCUT2D eigenvalue weighted by molar-refractivity contribution is 7.99. The maximum absolute atomic E-state index is 11.0. The van der Waals surface area contributed by atoms with E-state index in [1.807, 2.05) is 0 Å². The number of nitro benzene ring substituents is 1. The Bertz CT molecular complexity index is 707. The molecule has 0 radical (unpaired) electrons. The Balaban J connectivity index is 2.42. The lowest BCUT2D eigenvalue weighted by atomic mass is 10.3. The molecule has 1 heterocycles. The van der Waals surface area contributed by atoms with Gasteiger partial charge in [-0.25, -0.2) is 4.98 Å². The van der Waals surface area contributed by atoms with Crippen molar-refractivity contribution in [1.29, 1.82) is 0 Å². The minimum absolute atomic E-state index is 0.0678. The fourth-order valence-corrected chi connectivity index (χ4v) is 2.53. The summed E-state index contributed by atoms with van der Waals surface area (Å²) in [6.07, 6.45) is 0. The van der Waals surface area contributed by atoms with E-state index in [0.717, 1.165) is 11.8 Å². The Hall–Kier alpha value is -2.68. The van der Waals surface area contributed by atoms with E-state index in [0.29, 0.717) is 15.7 Å². The van der Waals surface area contributed by atoms with Gasteiger partial charge in [-0.05, 0) is 6.07 Å². The van der Waals surface area contributed by atoms with Crippen molar-refractivity contribution in [2.75, 3.05) is 12.4 Å². The van der Waals surface area contributed by atoms with E-state index in [-0.39, 0.29) is 11.4 Å². The summed E-state index contributed by atoms with van der Waals surface area (Å²) in [7, 11) is 1.59. The Morgan fingerprint density at radius 1 is 1.14 bits per heavy atom. The molecule has 1 aromatic carbocycles. The molecule has 1 aromatic heterocycles. The second-order valence-corrected chi connectivity index (χ2v) is 4.95. The molecule has 21 heavy (non-hydrogen) atoms. The maximum atomic E-state index is 11.0. The summed E-state index contributed by atoms with van der Waals surface area (Å²) in [5, 5.41) is 24.9. The molecule has 0 spiro atoms. The SMILES string of the molecule is CNc1cc([N+](=O)[O-])cc(Sc2ccccc2[N+](=O)[O-])n1. The van der Waals surface area contributed by atoms with Crippen LogP contribution >= 0.6 is 11.8 Å². The third kappa shape index (κ3) is 3.45. The zero-order chi connectivity index (χ0) is 15.4. The zero-order valence-electron chi connectivity index (χ0n) is 10.8. The predicted octanol–water partition coefficient (Wildman–Crippen LogP) is 3.09. The van der Waals surface area contributed by atoms with E-state index in [9.17, 15) is 20.2 Å². The quantitative estimate of drug-likeness (QED) is 0.667. The lowest BCUT2D eigenvalue weighted by molar-refractivity contribution is -0.387. The van der Waals surface area contributed by atoms with Crippen molar-refractivity contribution in [1.82, 2.24) is 4.98 Å². The first-order valence-corrected chi connectivity index (χ1v) is 6.58. The summed E-state index contributed by atoms with van der Waals surface area (Å²) >= 11 is 1.01. The first-order valence-electron chi connectivity index (χ1n) is 5.77. The van der Waals surface area contributed by atoms with Crippen molar-refractivity contribution in [3.8, 4) is 0 Å². The number of nitrogens with zero attached hydrogens (tertiary/aromatic N) is 3. The number of nitro groups is 2. The van der Waals surface area contributed by atoms with Gasteiger partial charge in [0.2, 0.25) is 0 Å². The first-order chi connectivity index (χ1) is 10.0. The van der Waals surface area contributed by atoms with Gasteiger partial charge in [0.25, 0.3) is 11.4 Å². The molecule has 0 fully saturated rings. The van der Waals surface area contributed by atoms with E-state index in [1.165, 1.54) is 18.2 Å². The molecule has 0 aliphatic rings. The Labute approximate surface area is 123 Å². The number of anilines is 1. The highest BCUT2D eigenvalue weighted by Gasteiger charge is 2.17. The van der Waals surface area contributed by atoms with Gasteiger partial charge in [0, 0.05) is 19.2 Å². The normalized spacial score (nSPS) is 10.1. The van der Waals surface area contributed by atoms with Gasteiger partial charge in [-0.3, -0.25) is 20.2 Å². The molecule has 2 rings (SSSR count). The van der Waals surface area contributed by atoms with Gasteiger partial charge < -0.3 is 5.32 Å². The number of hydrogen-bond donors (Lipinski definition) is 1. The van der Waals surface area contributed by atoms with Crippen LogP contribution in [0.25, 0.3) is 0 Å². The van der Waals surface area contributed by atoms with Gasteiger partial charge in [-0.1, -0.05) is 23.9 Å². The Kier molecular flexibility index (Phi) is 4.33. The van der Waals surface area contributed by atoms with Crippen LogP contribution < -0.4 is 5.32 Å². The third-order valence-electron chi connectivity index (χ3n) is 2.53. The number of benzene rings is 1. The van der Waals surface area contributed by atoms with Crippen LogP contribution in [0.4, 0.5) is 17.2 Å². The maximum Gasteiger partial charge on any atom is 0.283 e. The topological polar surface area (TPSA) is 111 Å². The summed E-state index contributed by atoms with van der Waals surface area (Å²) in [5.74, 6) is 0.324. The lowest BCUT2D eigenvalue weighted by Crippen LogP contribution is -1.97. The first kappa shape index (κ1) is 14.7. The summed E-state index contributed by atoms with van der Waals surface area (Å²) in [6, 6.07) is 8.74. The second-order valence-electron chi connectivity index (χ2n) is 3.88. The lowest BCUT2D eigenvalue weighted by Gasteiger charge is -2.05. The number of para-hydroxylation sites is 1. The standard InChI is InChI=1S/C12H10N4O4S/c1-13-11-6-8(15(17)18)7-12(14-11)21-10-5-3-2-4-9(10)16(19)20/h2-7H,1H3,(H,13,14). The van der Waals surface area contributed by atoms with Gasteiger partial charge in [0.1, 0.15) is 10.8 Å². The highest BCUT2D eigenvalue weighted by atomic mass is 32.2. The molecule has 0 saturated heterocycles. The molecule has 0 unspecified atom stereocenters. The van der Waals surface area contributed by atoms with Crippen LogP contribution in [-0.4, -0.2) is 21.9 Å².